The minimum Gasteiger partial charge on any atom is -0.466 e. The van der Waals surface area contributed by atoms with Crippen LogP contribution in [0.4, 0.5) is 4.39 Å². The lowest BCUT2D eigenvalue weighted by Crippen LogP contribution is -2.38. The molecule has 9 heteroatoms. The maximum atomic E-state index is 13.5. The van der Waals surface area contributed by atoms with Gasteiger partial charge < -0.3 is 15.8 Å². The van der Waals surface area contributed by atoms with Gasteiger partial charge in [-0.3, -0.25) is 4.99 Å². The third-order valence-electron chi connectivity index (χ3n) is 3.69. The quantitative estimate of drug-likeness (QED) is 0.495. The number of hydrogen-bond acceptors (Lipinski definition) is 6. The fourth-order valence-corrected chi connectivity index (χ4v) is 3.74. The van der Waals surface area contributed by atoms with E-state index in [1.807, 2.05) is 6.92 Å². The van der Waals surface area contributed by atoms with Crippen molar-refractivity contribution in [1.29, 1.82) is 0 Å². The Hall–Kier alpha value is -1.51. The van der Waals surface area contributed by atoms with Gasteiger partial charge in [0.05, 0.1) is 17.9 Å². The summed E-state index contributed by atoms with van der Waals surface area (Å²) in [7, 11) is 1.30. The number of nitrogens with one attached hydrogen (secondary N) is 1. The van der Waals surface area contributed by atoms with Crippen molar-refractivity contribution in [3.63, 3.8) is 0 Å². The molecule has 0 aliphatic carbocycles. The number of esters is 1. The highest BCUT2D eigenvalue weighted by molar-refractivity contribution is 9.09. The maximum Gasteiger partial charge on any atom is 0.338 e. The molecule has 2 atom stereocenters. The number of rotatable bonds is 6. The summed E-state index contributed by atoms with van der Waals surface area (Å²) >= 11 is 11.1. The molecule has 1 aliphatic heterocycles. The van der Waals surface area contributed by atoms with Crippen LogP contribution in [0, 0.1) is 5.82 Å². The predicted octanol–water partition coefficient (Wildman–Crippen LogP) is 3.90. The first-order chi connectivity index (χ1) is 12.4. The zero-order valence-electron chi connectivity index (χ0n) is 14.1. The summed E-state index contributed by atoms with van der Waals surface area (Å²) in [4.78, 5) is 17.1. The smallest absolute Gasteiger partial charge is 0.338 e. The number of aliphatic imine (C=N–C) groups is 1. The van der Waals surface area contributed by atoms with Crippen molar-refractivity contribution in [3.8, 4) is 0 Å². The SMILES string of the molecule is COC(=O)C1=C(CBr)NC(C(C)S/C=C\N)=NC1c1ccc(F)cc1Cl. The molecule has 0 fully saturated rings. The zero-order valence-corrected chi connectivity index (χ0v) is 17.3. The van der Waals surface area contributed by atoms with E-state index in [1.54, 1.807) is 5.41 Å². The minimum atomic E-state index is -0.704. The number of halogens is 3. The molecule has 0 spiro atoms. The monoisotopic (exact) mass is 461 g/mol. The Labute approximate surface area is 169 Å². The standard InChI is InChI=1S/C17H18BrClFN3O2S/c1-9(26-6-5-21)16-22-13(8-18)14(17(24)25-2)15(23-16)11-4-3-10(20)7-12(11)19/h3-7,9,15H,8,21H2,1-2H3,(H,22,23)/b6-5-. The molecule has 0 saturated carbocycles. The summed E-state index contributed by atoms with van der Waals surface area (Å²) in [5, 5.41) is 5.45. The summed E-state index contributed by atoms with van der Waals surface area (Å²) in [6, 6.07) is 3.31. The van der Waals surface area contributed by atoms with Crippen LogP contribution < -0.4 is 11.1 Å². The van der Waals surface area contributed by atoms with Gasteiger partial charge in [0.15, 0.2) is 0 Å². The van der Waals surface area contributed by atoms with E-state index in [2.05, 4.69) is 26.2 Å². The van der Waals surface area contributed by atoms with Gasteiger partial charge in [-0.05, 0) is 24.5 Å². The number of ether oxygens (including phenoxy) is 1. The number of methoxy groups -OCH3 is 1. The Morgan fingerprint density at radius 1 is 1.62 bits per heavy atom. The molecule has 2 rings (SSSR count). The van der Waals surface area contributed by atoms with Crippen LogP contribution in [0.3, 0.4) is 0 Å². The molecule has 3 N–H and O–H groups in total. The van der Waals surface area contributed by atoms with E-state index in [1.165, 1.54) is 43.3 Å². The van der Waals surface area contributed by atoms with Crippen molar-refractivity contribution in [3.05, 3.63) is 57.5 Å². The number of hydrogen-bond donors (Lipinski definition) is 2. The molecule has 1 aliphatic rings. The number of thioether (sulfide) groups is 1. The van der Waals surface area contributed by atoms with Gasteiger partial charge in [0, 0.05) is 27.8 Å². The van der Waals surface area contributed by atoms with Crippen molar-refractivity contribution in [2.45, 2.75) is 18.2 Å². The van der Waals surface area contributed by atoms with Gasteiger partial charge in [-0.2, -0.15) is 0 Å². The summed E-state index contributed by atoms with van der Waals surface area (Å²) in [6.07, 6.45) is 1.44. The zero-order chi connectivity index (χ0) is 19.3. The van der Waals surface area contributed by atoms with Gasteiger partial charge in [-0.25, -0.2) is 9.18 Å². The lowest BCUT2D eigenvalue weighted by atomic mass is 9.95. The second-order valence-electron chi connectivity index (χ2n) is 5.33. The van der Waals surface area contributed by atoms with Gasteiger partial charge in [-0.1, -0.05) is 33.6 Å². The molecule has 0 amide bonds. The number of benzene rings is 1. The Morgan fingerprint density at radius 2 is 2.35 bits per heavy atom. The molecule has 2 unspecified atom stereocenters. The highest BCUT2D eigenvalue weighted by Crippen LogP contribution is 2.37. The highest BCUT2D eigenvalue weighted by atomic mass is 79.9. The van der Waals surface area contributed by atoms with Crippen molar-refractivity contribution < 1.29 is 13.9 Å². The summed E-state index contributed by atoms with van der Waals surface area (Å²) in [5.41, 5.74) is 6.87. The van der Waals surface area contributed by atoms with Crippen LogP contribution in [0.15, 0.2) is 46.1 Å². The molecular formula is C17H18BrClFN3O2S. The predicted molar refractivity (Wildman–Crippen MR) is 108 cm³/mol. The Morgan fingerprint density at radius 3 is 2.92 bits per heavy atom. The van der Waals surface area contributed by atoms with Gasteiger partial charge in [-0.15, -0.1) is 11.8 Å². The molecule has 0 bridgehead atoms. The average molecular weight is 463 g/mol. The van der Waals surface area contributed by atoms with Gasteiger partial charge in [0.25, 0.3) is 0 Å². The molecular weight excluding hydrogens is 445 g/mol. The van der Waals surface area contributed by atoms with E-state index in [0.29, 0.717) is 28.0 Å². The van der Waals surface area contributed by atoms with Crippen LogP contribution >= 0.6 is 39.3 Å². The van der Waals surface area contributed by atoms with Crippen LogP contribution in [0.2, 0.25) is 5.02 Å². The van der Waals surface area contributed by atoms with Crippen molar-refractivity contribution in [1.82, 2.24) is 5.32 Å². The number of alkyl halides is 1. The Bertz CT molecular complexity index is 785. The van der Waals surface area contributed by atoms with E-state index in [9.17, 15) is 9.18 Å². The second kappa shape index (κ2) is 9.43. The lowest BCUT2D eigenvalue weighted by Gasteiger charge is -2.29. The molecule has 1 aromatic carbocycles. The maximum absolute atomic E-state index is 13.5. The molecule has 26 heavy (non-hydrogen) atoms. The van der Waals surface area contributed by atoms with E-state index in [0.717, 1.165) is 0 Å². The Balaban J connectivity index is 2.56. The lowest BCUT2D eigenvalue weighted by molar-refractivity contribution is -0.136. The fourth-order valence-electron chi connectivity index (χ4n) is 2.46. The molecule has 0 saturated heterocycles. The van der Waals surface area contributed by atoms with Crippen molar-refractivity contribution in [2.24, 2.45) is 10.7 Å². The molecule has 1 aromatic rings. The summed E-state index contributed by atoms with van der Waals surface area (Å²) < 4.78 is 18.4. The number of carbonyl (C=O) groups excluding carboxylic acids is 1. The summed E-state index contributed by atoms with van der Waals surface area (Å²) in [6.45, 7) is 1.95. The number of carbonyl (C=O) groups is 1. The van der Waals surface area contributed by atoms with E-state index in [4.69, 9.17) is 22.1 Å². The number of allylic oxidation sites excluding steroid dienone is 1. The minimum absolute atomic E-state index is 0.0511. The number of nitrogens with zero attached hydrogens (tertiary/aromatic N) is 1. The van der Waals surface area contributed by atoms with Crippen LogP contribution in [-0.2, 0) is 9.53 Å². The molecule has 0 aromatic heterocycles. The molecule has 5 nitrogen and oxygen atoms in total. The van der Waals surface area contributed by atoms with Crippen LogP contribution in [-0.4, -0.2) is 29.5 Å². The fraction of sp³-hybridized carbons (Fsp3) is 0.294. The molecule has 140 valence electrons. The molecule has 0 radical (unpaired) electrons. The van der Waals surface area contributed by atoms with E-state index in [-0.39, 0.29) is 10.3 Å². The topological polar surface area (TPSA) is 76.7 Å². The number of amidine groups is 1. The average Bonchev–Trinajstić information content (AvgIpc) is 2.64. The largest absolute Gasteiger partial charge is 0.466 e. The first-order valence-electron chi connectivity index (χ1n) is 7.62. The first-order valence-corrected chi connectivity index (χ1v) is 10.1. The third-order valence-corrected chi connectivity index (χ3v) is 5.52. The van der Waals surface area contributed by atoms with Gasteiger partial charge in [0.1, 0.15) is 17.7 Å². The van der Waals surface area contributed by atoms with Gasteiger partial charge in [0.2, 0.25) is 0 Å². The Kier molecular flexibility index (Phi) is 7.55. The van der Waals surface area contributed by atoms with Crippen LogP contribution in [0.1, 0.15) is 18.5 Å². The molecule has 1 heterocycles. The van der Waals surface area contributed by atoms with Crippen LogP contribution in [0.25, 0.3) is 0 Å². The normalized spacial score (nSPS) is 18.5. The summed E-state index contributed by atoms with van der Waals surface area (Å²) in [5.74, 6) is -0.332. The van der Waals surface area contributed by atoms with Crippen molar-refractivity contribution in [2.75, 3.05) is 12.4 Å². The van der Waals surface area contributed by atoms with Gasteiger partial charge >= 0.3 is 5.97 Å². The third kappa shape index (κ3) is 4.61. The number of nitrogens with two attached hydrogens (primary N) is 1. The van der Waals surface area contributed by atoms with E-state index >= 15 is 0 Å². The van der Waals surface area contributed by atoms with Crippen molar-refractivity contribution >= 4 is 51.1 Å². The van der Waals surface area contributed by atoms with Crippen LogP contribution in [0.5, 0.6) is 0 Å². The van der Waals surface area contributed by atoms with E-state index < -0.39 is 17.8 Å². The second-order valence-corrected chi connectivity index (χ2v) is 7.55. The first kappa shape index (κ1) is 20.8. The highest BCUT2D eigenvalue weighted by Gasteiger charge is 2.33.